The van der Waals surface area contributed by atoms with Gasteiger partial charge in [0.25, 0.3) is 0 Å². The maximum absolute atomic E-state index is 12.6. The van der Waals surface area contributed by atoms with Crippen molar-refractivity contribution in [3.63, 3.8) is 0 Å². The van der Waals surface area contributed by atoms with Crippen molar-refractivity contribution < 1.29 is 14.3 Å². The number of piperidine rings is 1. The number of anilines is 3. The van der Waals surface area contributed by atoms with Gasteiger partial charge < -0.3 is 24.8 Å². The van der Waals surface area contributed by atoms with E-state index in [0.717, 1.165) is 36.2 Å². The molecule has 36 heavy (non-hydrogen) atoms. The zero-order valence-electron chi connectivity index (χ0n) is 21.2. The maximum Gasteiger partial charge on any atom is 0.410 e. The van der Waals surface area contributed by atoms with Crippen LogP contribution in [0.15, 0.2) is 43.1 Å². The maximum atomic E-state index is 12.6. The monoisotopic (exact) mass is 491 g/mol. The van der Waals surface area contributed by atoms with Crippen molar-refractivity contribution in [3.8, 4) is 5.69 Å². The molecule has 1 atom stereocenters. The predicted molar refractivity (Wildman–Crippen MR) is 138 cm³/mol. The van der Waals surface area contributed by atoms with Crippen LogP contribution in [0.25, 0.3) is 5.69 Å². The Morgan fingerprint density at radius 2 is 2.00 bits per heavy atom. The number of carbonyl (C=O) groups excluding carboxylic acids is 2. The average molecular weight is 492 g/mol. The molecule has 1 aliphatic heterocycles. The third-order valence-electron chi connectivity index (χ3n) is 5.80. The van der Waals surface area contributed by atoms with Crippen LogP contribution in [0.1, 0.15) is 49.7 Å². The molecule has 0 spiro atoms. The minimum absolute atomic E-state index is 0.266. The molecule has 0 bridgehead atoms. The predicted octanol–water partition coefficient (Wildman–Crippen LogP) is 4.59. The summed E-state index contributed by atoms with van der Waals surface area (Å²) in [4.78, 5) is 38.7. The molecule has 10 nitrogen and oxygen atoms in total. The lowest BCUT2D eigenvalue weighted by molar-refractivity contribution is 0.0172. The van der Waals surface area contributed by atoms with Crippen LogP contribution in [0.2, 0.25) is 0 Å². The van der Waals surface area contributed by atoms with Crippen LogP contribution >= 0.6 is 0 Å². The molecule has 3 aromatic heterocycles. The first-order valence-electron chi connectivity index (χ1n) is 12.1. The van der Waals surface area contributed by atoms with E-state index < -0.39 is 5.60 Å². The van der Waals surface area contributed by atoms with Crippen LogP contribution in [0.3, 0.4) is 0 Å². The molecule has 0 radical (unpaired) electrons. The van der Waals surface area contributed by atoms with Crippen molar-refractivity contribution in [3.05, 3.63) is 54.4 Å². The van der Waals surface area contributed by atoms with Gasteiger partial charge in [-0.3, -0.25) is 9.78 Å². The van der Waals surface area contributed by atoms with Crippen molar-refractivity contribution in [1.29, 1.82) is 0 Å². The Kier molecular flexibility index (Phi) is 7.52. The Labute approximate surface area is 211 Å². The van der Waals surface area contributed by atoms with E-state index in [1.807, 2.05) is 44.5 Å². The second-order valence-corrected chi connectivity index (χ2v) is 10.0. The molecule has 1 amide bonds. The summed E-state index contributed by atoms with van der Waals surface area (Å²) in [6.45, 7) is 9.52. The summed E-state index contributed by atoms with van der Waals surface area (Å²) in [7, 11) is 0. The first-order valence-corrected chi connectivity index (χ1v) is 12.1. The second-order valence-electron chi connectivity index (χ2n) is 10.0. The van der Waals surface area contributed by atoms with E-state index in [4.69, 9.17) is 4.74 Å². The Hall–Kier alpha value is -3.95. The lowest BCUT2D eigenvalue weighted by Gasteiger charge is -2.34. The molecule has 0 saturated carbocycles. The van der Waals surface area contributed by atoms with E-state index >= 15 is 0 Å². The van der Waals surface area contributed by atoms with Gasteiger partial charge in [-0.05, 0) is 52.5 Å². The molecule has 4 rings (SSSR count). The van der Waals surface area contributed by atoms with E-state index in [-0.39, 0.29) is 12.0 Å². The minimum atomic E-state index is -0.517. The summed E-state index contributed by atoms with van der Waals surface area (Å²) >= 11 is 0. The van der Waals surface area contributed by atoms with E-state index in [2.05, 4.69) is 25.6 Å². The van der Waals surface area contributed by atoms with Gasteiger partial charge >= 0.3 is 6.09 Å². The number of amides is 1. The van der Waals surface area contributed by atoms with Gasteiger partial charge in [0.1, 0.15) is 17.2 Å². The fourth-order valence-electron chi connectivity index (χ4n) is 4.06. The van der Waals surface area contributed by atoms with Crippen molar-refractivity contribution in [2.24, 2.45) is 5.92 Å². The molecule has 2 N–H and O–H groups in total. The highest BCUT2D eigenvalue weighted by atomic mass is 16.6. The van der Waals surface area contributed by atoms with Crippen molar-refractivity contribution in [1.82, 2.24) is 24.4 Å². The highest BCUT2D eigenvalue weighted by Crippen LogP contribution is 2.26. The first-order chi connectivity index (χ1) is 17.2. The number of nitrogens with one attached hydrogen (secondary N) is 2. The number of hydrogen-bond donors (Lipinski definition) is 2. The Balaban J connectivity index is 1.51. The fourth-order valence-corrected chi connectivity index (χ4v) is 4.06. The largest absolute Gasteiger partial charge is 0.444 e. The molecule has 4 heterocycles. The number of aryl methyl sites for hydroxylation is 1. The molecule has 190 valence electrons. The quantitative estimate of drug-likeness (QED) is 0.462. The van der Waals surface area contributed by atoms with Crippen molar-refractivity contribution in [2.75, 3.05) is 30.3 Å². The van der Waals surface area contributed by atoms with Gasteiger partial charge in [0.05, 0.1) is 35.7 Å². The summed E-state index contributed by atoms with van der Waals surface area (Å²) in [6, 6.07) is 3.66. The molecule has 10 heteroatoms. The Bertz CT molecular complexity index is 1200. The standard InChI is InChI=1S/C26H33N7O3/c1-18-11-29-24(14-27-18)31-23-10-21(22(13-30-23)32-9-7-20(16-32)17-34)28-12-19-6-5-8-33(15-19)25(35)36-26(2,3)4/h7,9-11,13-14,16-17,19H,5-6,8,12,15H2,1-4H3,(H2,28,29,30,31). The molecule has 3 aromatic rings. The third-order valence-corrected chi connectivity index (χ3v) is 5.80. The number of ether oxygens (including phenoxy) is 1. The van der Waals surface area contributed by atoms with E-state index in [9.17, 15) is 9.59 Å². The summed E-state index contributed by atoms with van der Waals surface area (Å²) in [6.07, 6.45) is 11.2. The lowest BCUT2D eigenvalue weighted by atomic mass is 9.98. The number of hydrogen-bond acceptors (Lipinski definition) is 8. The van der Waals surface area contributed by atoms with Gasteiger partial charge in [-0.15, -0.1) is 0 Å². The second kappa shape index (κ2) is 10.8. The molecule has 1 saturated heterocycles. The van der Waals surface area contributed by atoms with Gasteiger partial charge in [0.2, 0.25) is 0 Å². The van der Waals surface area contributed by atoms with Crippen LogP contribution in [0.5, 0.6) is 0 Å². The molecule has 0 aromatic carbocycles. The zero-order valence-corrected chi connectivity index (χ0v) is 21.2. The van der Waals surface area contributed by atoms with Crippen LogP contribution in [0.4, 0.5) is 22.1 Å². The van der Waals surface area contributed by atoms with Gasteiger partial charge in [-0.25, -0.2) is 14.8 Å². The number of nitrogens with zero attached hydrogens (tertiary/aromatic N) is 5. The lowest BCUT2D eigenvalue weighted by Crippen LogP contribution is -2.44. The van der Waals surface area contributed by atoms with Crippen LogP contribution in [-0.4, -0.2) is 62.0 Å². The summed E-state index contributed by atoms with van der Waals surface area (Å²) < 4.78 is 7.43. The normalized spacial score (nSPS) is 15.9. The van der Waals surface area contributed by atoms with Gasteiger partial charge in [0, 0.05) is 43.7 Å². The van der Waals surface area contributed by atoms with Gasteiger partial charge in [-0.2, -0.15) is 0 Å². The van der Waals surface area contributed by atoms with Crippen LogP contribution in [-0.2, 0) is 4.74 Å². The van der Waals surface area contributed by atoms with E-state index in [1.54, 1.807) is 35.8 Å². The first kappa shape index (κ1) is 25.2. The number of likely N-dealkylation sites (tertiary alicyclic amines) is 1. The highest BCUT2D eigenvalue weighted by Gasteiger charge is 2.27. The highest BCUT2D eigenvalue weighted by molar-refractivity contribution is 5.75. The number of aromatic nitrogens is 4. The van der Waals surface area contributed by atoms with E-state index in [0.29, 0.717) is 36.8 Å². The topological polar surface area (TPSA) is 114 Å². The van der Waals surface area contributed by atoms with Gasteiger partial charge in [0.15, 0.2) is 6.29 Å². The molecular formula is C26H33N7O3. The smallest absolute Gasteiger partial charge is 0.410 e. The molecule has 0 aliphatic carbocycles. The van der Waals surface area contributed by atoms with Crippen LogP contribution < -0.4 is 10.6 Å². The SMILES string of the molecule is Cc1cnc(Nc2cc(NCC3CCCN(C(=O)OC(C)(C)C)C3)c(-n3ccc(C=O)c3)cn2)cn1. The average Bonchev–Trinajstić information content (AvgIpc) is 3.33. The van der Waals surface area contributed by atoms with Gasteiger partial charge in [-0.1, -0.05) is 0 Å². The molecule has 1 unspecified atom stereocenters. The summed E-state index contributed by atoms with van der Waals surface area (Å²) in [5, 5.41) is 6.74. The third kappa shape index (κ3) is 6.59. The number of pyridine rings is 1. The van der Waals surface area contributed by atoms with Crippen LogP contribution in [0, 0.1) is 12.8 Å². The van der Waals surface area contributed by atoms with Crippen molar-refractivity contribution in [2.45, 2.75) is 46.1 Å². The summed E-state index contributed by atoms with van der Waals surface area (Å²) in [5.74, 6) is 1.47. The summed E-state index contributed by atoms with van der Waals surface area (Å²) in [5.41, 5.74) is 2.55. The number of carbonyl (C=O) groups is 2. The molecular weight excluding hydrogens is 458 g/mol. The Morgan fingerprint density at radius 1 is 1.19 bits per heavy atom. The molecule has 1 aliphatic rings. The minimum Gasteiger partial charge on any atom is -0.444 e. The van der Waals surface area contributed by atoms with E-state index in [1.165, 1.54) is 0 Å². The number of aldehydes is 1. The van der Waals surface area contributed by atoms with Crippen molar-refractivity contribution >= 4 is 29.7 Å². The molecule has 1 fully saturated rings. The zero-order chi connectivity index (χ0) is 25.7. The Morgan fingerprint density at radius 3 is 2.69 bits per heavy atom. The fraction of sp³-hybridized carbons (Fsp3) is 0.423. The number of rotatable bonds is 7.